The van der Waals surface area contributed by atoms with Crippen LogP contribution in [-0.2, 0) is 0 Å². The summed E-state index contributed by atoms with van der Waals surface area (Å²) in [5.74, 6) is -1.39. The zero-order valence-corrected chi connectivity index (χ0v) is 12.1. The number of hydrogen-bond donors (Lipinski definition) is 0. The van der Waals surface area contributed by atoms with Crippen molar-refractivity contribution in [1.82, 2.24) is 0 Å². The third kappa shape index (κ3) is 1.88. The highest BCUT2D eigenvalue weighted by atomic mass is 35.5. The summed E-state index contributed by atoms with van der Waals surface area (Å²) < 4.78 is 0. The molecule has 2 aromatic rings. The molecule has 100 valence electrons. The van der Waals surface area contributed by atoms with Gasteiger partial charge in [0.15, 0.2) is 11.6 Å². The van der Waals surface area contributed by atoms with Crippen LogP contribution in [0.1, 0.15) is 37.8 Å². The molecule has 3 rings (SSSR count). The second kappa shape index (κ2) is 4.72. The van der Waals surface area contributed by atoms with Crippen molar-refractivity contribution in [3.8, 4) is 0 Å². The maximum atomic E-state index is 12.5. The molecular weight excluding hydrogens is 295 g/mol. The van der Waals surface area contributed by atoms with Gasteiger partial charge < -0.3 is 0 Å². The van der Waals surface area contributed by atoms with E-state index in [0.717, 1.165) is 5.56 Å². The highest BCUT2D eigenvalue weighted by molar-refractivity contribution is 6.39. The van der Waals surface area contributed by atoms with Gasteiger partial charge in [-0.25, -0.2) is 0 Å². The second-order valence-corrected chi connectivity index (χ2v) is 5.66. The fourth-order valence-electron chi connectivity index (χ4n) is 2.56. The minimum atomic E-state index is -0.923. The highest BCUT2D eigenvalue weighted by Crippen LogP contribution is 2.40. The fourth-order valence-corrected chi connectivity index (χ4v) is 3.17. The maximum absolute atomic E-state index is 12.5. The normalized spacial score (nSPS) is 17.4. The molecule has 0 heterocycles. The summed E-state index contributed by atoms with van der Waals surface area (Å²) in [6.45, 7) is 1.88. The Kier molecular flexibility index (Phi) is 3.15. The van der Waals surface area contributed by atoms with Crippen LogP contribution < -0.4 is 0 Å². The first-order chi connectivity index (χ1) is 9.50. The standard InChI is InChI=1S/C16H10Cl2O2/c1-8-5-6-9-10(7-8)16(20)14(15(9)19)13-11(17)3-2-4-12(13)18/h2-7,14H,1H3. The minimum Gasteiger partial charge on any atom is -0.293 e. The zero-order chi connectivity index (χ0) is 14.4. The predicted molar refractivity (Wildman–Crippen MR) is 79.0 cm³/mol. The van der Waals surface area contributed by atoms with Crippen LogP contribution in [0.2, 0.25) is 10.0 Å². The van der Waals surface area contributed by atoms with Gasteiger partial charge >= 0.3 is 0 Å². The molecule has 0 saturated heterocycles. The molecule has 0 aliphatic heterocycles. The van der Waals surface area contributed by atoms with E-state index in [1.165, 1.54) is 0 Å². The largest absolute Gasteiger partial charge is 0.293 e. The molecule has 0 spiro atoms. The van der Waals surface area contributed by atoms with Gasteiger partial charge in [0.25, 0.3) is 0 Å². The highest BCUT2D eigenvalue weighted by Gasteiger charge is 2.41. The fraction of sp³-hybridized carbons (Fsp3) is 0.125. The first-order valence-corrected chi connectivity index (χ1v) is 6.89. The Labute approximate surface area is 126 Å². The monoisotopic (exact) mass is 304 g/mol. The van der Waals surface area contributed by atoms with Crippen molar-refractivity contribution in [1.29, 1.82) is 0 Å². The van der Waals surface area contributed by atoms with Gasteiger partial charge in [-0.2, -0.15) is 0 Å². The van der Waals surface area contributed by atoms with Gasteiger partial charge in [-0.1, -0.05) is 47.0 Å². The number of benzene rings is 2. The molecule has 20 heavy (non-hydrogen) atoms. The third-order valence-electron chi connectivity index (χ3n) is 3.52. The second-order valence-electron chi connectivity index (χ2n) is 4.85. The van der Waals surface area contributed by atoms with Crippen LogP contribution in [0.3, 0.4) is 0 Å². The number of carbonyl (C=O) groups excluding carboxylic acids is 2. The summed E-state index contributed by atoms with van der Waals surface area (Å²) in [5, 5.41) is 0.683. The number of carbonyl (C=O) groups is 2. The SMILES string of the molecule is Cc1ccc2c(c1)C(=O)C(c1c(Cl)cccc1Cl)C2=O. The molecule has 0 N–H and O–H groups in total. The average molecular weight is 305 g/mol. The quantitative estimate of drug-likeness (QED) is 0.729. The van der Waals surface area contributed by atoms with Crippen LogP contribution in [0, 0.1) is 6.92 Å². The summed E-state index contributed by atoms with van der Waals surface area (Å²) in [4.78, 5) is 25.0. The van der Waals surface area contributed by atoms with Gasteiger partial charge in [0.1, 0.15) is 5.92 Å². The maximum Gasteiger partial charge on any atom is 0.178 e. The van der Waals surface area contributed by atoms with E-state index in [0.29, 0.717) is 26.7 Å². The molecule has 1 aliphatic carbocycles. The molecule has 0 aromatic heterocycles. The Morgan fingerprint density at radius 1 is 0.900 bits per heavy atom. The van der Waals surface area contributed by atoms with Crippen LogP contribution in [0.4, 0.5) is 0 Å². The number of halogens is 2. The van der Waals surface area contributed by atoms with Crippen LogP contribution in [0.15, 0.2) is 36.4 Å². The van der Waals surface area contributed by atoms with Gasteiger partial charge in [0, 0.05) is 26.7 Å². The Bertz CT molecular complexity index is 730. The van der Waals surface area contributed by atoms with E-state index in [9.17, 15) is 9.59 Å². The molecule has 1 unspecified atom stereocenters. The van der Waals surface area contributed by atoms with E-state index in [1.807, 2.05) is 13.0 Å². The average Bonchev–Trinajstić information content (AvgIpc) is 2.63. The van der Waals surface area contributed by atoms with E-state index in [1.54, 1.807) is 30.3 Å². The summed E-state index contributed by atoms with van der Waals surface area (Å²) in [7, 11) is 0. The Morgan fingerprint density at radius 3 is 2.15 bits per heavy atom. The summed E-state index contributed by atoms with van der Waals surface area (Å²) in [5.41, 5.74) is 2.24. The van der Waals surface area contributed by atoms with Crippen LogP contribution in [0.5, 0.6) is 0 Å². The lowest BCUT2D eigenvalue weighted by Crippen LogP contribution is -2.14. The predicted octanol–water partition coefficient (Wildman–Crippen LogP) is 4.46. The molecule has 0 amide bonds. The molecule has 4 heteroatoms. The van der Waals surface area contributed by atoms with E-state index in [-0.39, 0.29) is 11.6 Å². The Balaban J connectivity index is 2.20. The topological polar surface area (TPSA) is 34.1 Å². The summed E-state index contributed by atoms with van der Waals surface area (Å²) >= 11 is 12.3. The van der Waals surface area contributed by atoms with Crippen molar-refractivity contribution in [2.75, 3.05) is 0 Å². The Morgan fingerprint density at radius 2 is 1.50 bits per heavy atom. The molecule has 2 nitrogen and oxygen atoms in total. The molecule has 0 radical (unpaired) electrons. The van der Waals surface area contributed by atoms with E-state index in [2.05, 4.69) is 0 Å². The first-order valence-electron chi connectivity index (χ1n) is 6.13. The van der Waals surface area contributed by atoms with Gasteiger partial charge in [0.2, 0.25) is 0 Å². The van der Waals surface area contributed by atoms with E-state index < -0.39 is 5.92 Å². The molecule has 2 aromatic carbocycles. The van der Waals surface area contributed by atoms with Crippen molar-refractivity contribution in [3.63, 3.8) is 0 Å². The number of hydrogen-bond acceptors (Lipinski definition) is 2. The number of fused-ring (bicyclic) bond motifs is 1. The van der Waals surface area contributed by atoms with Crippen molar-refractivity contribution >= 4 is 34.8 Å². The number of rotatable bonds is 1. The van der Waals surface area contributed by atoms with Crippen molar-refractivity contribution in [3.05, 3.63) is 68.7 Å². The van der Waals surface area contributed by atoms with Gasteiger partial charge in [-0.05, 0) is 25.1 Å². The van der Waals surface area contributed by atoms with Crippen LogP contribution >= 0.6 is 23.2 Å². The van der Waals surface area contributed by atoms with Gasteiger partial charge in [-0.3, -0.25) is 9.59 Å². The molecule has 0 saturated carbocycles. The van der Waals surface area contributed by atoms with E-state index >= 15 is 0 Å². The summed E-state index contributed by atoms with van der Waals surface area (Å²) in [6.07, 6.45) is 0. The zero-order valence-electron chi connectivity index (χ0n) is 10.6. The van der Waals surface area contributed by atoms with Crippen LogP contribution in [-0.4, -0.2) is 11.6 Å². The van der Waals surface area contributed by atoms with Crippen LogP contribution in [0.25, 0.3) is 0 Å². The number of ketones is 2. The summed E-state index contributed by atoms with van der Waals surface area (Å²) in [6, 6.07) is 10.2. The molecule has 0 fully saturated rings. The lowest BCUT2D eigenvalue weighted by Gasteiger charge is -2.11. The van der Waals surface area contributed by atoms with E-state index in [4.69, 9.17) is 23.2 Å². The van der Waals surface area contributed by atoms with Crippen molar-refractivity contribution in [2.24, 2.45) is 0 Å². The lowest BCUT2D eigenvalue weighted by atomic mass is 9.94. The third-order valence-corrected chi connectivity index (χ3v) is 4.18. The van der Waals surface area contributed by atoms with Gasteiger partial charge in [-0.15, -0.1) is 0 Å². The lowest BCUT2D eigenvalue weighted by molar-refractivity contribution is 0.0890. The molecule has 1 aliphatic rings. The van der Waals surface area contributed by atoms with Gasteiger partial charge in [0.05, 0.1) is 0 Å². The molecular formula is C16H10Cl2O2. The minimum absolute atomic E-state index is 0.233. The smallest absolute Gasteiger partial charge is 0.178 e. The number of Topliss-reactive ketones (excluding diaryl/α,β-unsaturated/α-hetero) is 2. The molecule has 1 atom stereocenters. The van der Waals surface area contributed by atoms with Crippen molar-refractivity contribution in [2.45, 2.75) is 12.8 Å². The van der Waals surface area contributed by atoms with Crippen molar-refractivity contribution < 1.29 is 9.59 Å². The Hall–Kier alpha value is -1.64. The first kappa shape index (κ1) is 13.3. The number of aryl methyl sites for hydroxylation is 1. The molecule has 0 bridgehead atoms.